The molecular formula is C11H20B. The zero-order chi connectivity index (χ0) is 9.94. The summed E-state index contributed by atoms with van der Waals surface area (Å²) in [5.74, 6) is 0. The summed E-state index contributed by atoms with van der Waals surface area (Å²) in [6, 6.07) is 0. The highest BCUT2D eigenvalue weighted by molar-refractivity contribution is 6.50. The number of hydrogen-bond donors (Lipinski definition) is 0. The van der Waals surface area contributed by atoms with E-state index in [1.54, 1.807) is 0 Å². The number of rotatable bonds is 2. The summed E-state index contributed by atoms with van der Waals surface area (Å²) in [5.41, 5.74) is 3.81. The molecule has 67 valence electrons. The van der Waals surface area contributed by atoms with Gasteiger partial charge in [-0.15, -0.1) is 6.58 Å². The molecule has 0 aliphatic rings. The van der Waals surface area contributed by atoms with E-state index in [1.807, 2.05) is 0 Å². The zero-order valence-electron chi connectivity index (χ0n) is 9.28. The molecule has 0 bridgehead atoms. The van der Waals surface area contributed by atoms with Crippen LogP contribution < -0.4 is 0 Å². The van der Waals surface area contributed by atoms with Crippen molar-refractivity contribution in [3.8, 4) is 0 Å². The Morgan fingerprint density at radius 2 is 1.50 bits per heavy atom. The number of hydrogen-bond acceptors (Lipinski definition) is 0. The predicted molar refractivity (Wildman–Crippen MR) is 58.7 cm³/mol. The van der Waals surface area contributed by atoms with Crippen LogP contribution >= 0.6 is 0 Å². The first-order valence-corrected chi connectivity index (χ1v) is 4.43. The van der Waals surface area contributed by atoms with Gasteiger partial charge in [0.05, 0.1) is 0 Å². The Morgan fingerprint density at radius 1 is 1.08 bits per heavy atom. The molecular weight excluding hydrogens is 143 g/mol. The van der Waals surface area contributed by atoms with Gasteiger partial charge in [0, 0.05) is 0 Å². The Hall–Kier alpha value is -0.455. The molecule has 0 unspecified atom stereocenters. The van der Waals surface area contributed by atoms with Gasteiger partial charge in [-0.05, 0) is 20.8 Å². The van der Waals surface area contributed by atoms with Crippen LogP contribution in [0, 0.1) is 0 Å². The van der Waals surface area contributed by atoms with Gasteiger partial charge in [-0.1, -0.05) is 42.7 Å². The van der Waals surface area contributed by atoms with Crippen LogP contribution in [-0.4, -0.2) is 7.28 Å². The molecule has 0 aliphatic carbocycles. The second kappa shape index (κ2) is 3.98. The van der Waals surface area contributed by atoms with Crippen molar-refractivity contribution in [2.24, 2.45) is 0 Å². The van der Waals surface area contributed by atoms with E-state index in [0.29, 0.717) is 0 Å². The molecule has 0 aliphatic heterocycles. The van der Waals surface area contributed by atoms with Gasteiger partial charge in [-0.25, -0.2) is 0 Å². The molecule has 0 amide bonds. The molecule has 0 rings (SSSR count). The fourth-order valence-electron chi connectivity index (χ4n) is 0.952. The first-order chi connectivity index (χ1) is 5.24. The van der Waals surface area contributed by atoms with Crippen LogP contribution in [0.25, 0.3) is 0 Å². The minimum atomic E-state index is 0.230. The molecule has 0 nitrogen and oxygen atoms in total. The van der Waals surface area contributed by atoms with Gasteiger partial charge >= 0.3 is 0 Å². The van der Waals surface area contributed by atoms with E-state index in [-0.39, 0.29) is 5.31 Å². The van der Waals surface area contributed by atoms with E-state index in [1.165, 1.54) is 11.1 Å². The van der Waals surface area contributed by atoms with Gasteiger partial charge in [-0.3, -0.25) is 0 Å². The lowest BCUT2D eigenvalue weighted by atomic mass is 9.49. The standard InChI is InChI=1S/C11H20B/c1-8(2)9(3)10(4)12-11(5,6)7/h4H2,1-3,5-7H3. The lowest BCUT2D eigenvalue weighted by Crippen LogP contribution is -2.11. The lowest BCUT2D eigenvalue weighted by molar-refractivity contribution is 0.756. The molecule has 0 saturated carbocycles. The Labute approximate surface area is 78.0 Å². The Morgan fingerprint density at radius 3 is 1.75 bits per heavy atom. The first-order valence-electron chi connectivity index (χ1n) is 4.43. The van der Waals surface area contributed by atoms with Gasteiger partial charge in [0.1, 0.15) is 0 Å². The van der Waals surface area contributed by atoms with E-state index in [0.717, 1.165) is 5.47 Å². The van der Waals surface area contributed by atoms with E-state index >= 15 is 0 Å². The van der Waals surface area contributed by atoms with Crippen molar-refractivity contribution in [2.75, 3.05) is 0 Å². The van der Waals surface area contributed by atoms with Crippen molar-refractivity contribution in [2.45, 2.75) is 46.9 Å². The summed E-state index contributed by atoms with van der Waals surface area (Å²) >= 11 is 0. The molecule has 0 saturated heterocycles. The maximum Gasteiger partial charge on any atom is 0.157 e. The van der Waals surface area contributed by atoms with Crippen molar-refractivity contribution in [3.05, 3.63) is 23.2 Å². The molecule has 1 heteroatoms. The van der Waals surface area contributed by atoms with Crippen molar-refractivity contribution in [1.29, 1.82) is 0 Å². The first kappa shape index (κ1) is 11.5. The summed E-state index contributed by atoms with van der Waals surface area (Å²) < 4.78 is 0. The zero-order valence-corrected chi connectivity index (χ0v) is 9.28. The fraction of sp³-hybridized carbons (Fsp3) is 0.636. The third-order valence-corrected chi connectivity index (χ3v) is 1.84. The molecule has 0 spiro atoms. The average molecular weight is 163 g/mol. The van der Waals surface area contributed by atoms with Gasteiger partial charge in [0.2, 0.25) is 0 Å². The Balaban J connectivity index is 4.36. The van der Waals surface area contributed by atoms with E-state index < -0.39 is 0 Å². The monoisotopic (exact) mass is 163 g/mol. The van der Waals surface area contributed by atoms with Crippen LogP contribution in [0.3, 0.4) is 0 Å². The maximum atomic E-state index is 4.05. The minimum absolute atomic E-state index is 0.230. The van der Waals surface area contributed by atoms with Crippen LogP contribution in [0.4, 0.5) is 0 Å². The molecule has 0 aromatic rings. The van der Waals surface area contributed by atoms with E-state index in [2.05, 4.69) is 55.4 Å². The van der Waals surface area contributed by atoms with Crippen molar-refractivity contribution >= 4 is 7.28 Å². The quantitative estimate of drug-likeness (QED) is 0.429. The summed E-state index contributed by atoms with van der Waals surface area (Å²) in [5, 5.41) is 0.230. The maximum absolute atomic E-state index is 4.05. The smallest absolute Gasteiger partial charge is 0.105 e. The van der Waals surface area contributed by atoms with E-state index in [9.17, 15) is 0 Å². The second-order valence-electron chi connectivity index (χ2n) is 4.66. The Kier molecular flexibility index (Phi) is 3.82. The summed E-state index contributed by atoms with van der Waals surface area (Å²) in [7, 11) is 2.22. The van der Waals surface area contributed by atoms with Crippen LogP contribution in [-0.2, 0) is 0 Å². The average Bonchev–Trinajstić information content (AvgIpc) is 1.82. The molecule has 1 radical (unpaired) electrons. The second-order valence-corrected chi connectivity index (χ2v) is 4.66. The molecule has 0 atom stereocenters. The predicted octanol–water partition coefficient (Wildman–Crippen LogP) is 3.78. The fourth-order valence-corrected chi connectivity index (χ4v) is 0.952. The highest BCUT2D eigenvalue weighted by Gasteiger charge is 2.14. The van der Waals surface area contributed by atoms with Gasteiger partial charge in [0.15, 0.2) is 7.28 Å². The van der Waals surface area contributed by atoms with Crippen LogP contribution in [0.1, 0.15) is 41.5 Å². The molecule has 12 heavy (non-hydrogen) atoms. The lowest BCUT2D eigenvalue weighted by Gasteiger charge is -2.19. The van der Waals surface area contributed by atoms with Crippen molar-refractivity contribution < 1.29 is 0 Å². The Bertz CT molecular complexity index is 200. The topological polar surface area (TPSA) is 0 Å². The van der Waals surface area contributed by atoms with Crippen LogP contribution in [0.5, 0.6) is 0 Å². The summed E-state index contributed by atoms with van der Waals surface area (Å²) in [6.45, 7) is 17.0. The highest BCUT2D eigenvalue weighted by atomic mass is 14.0. The molecule has 0 aromatic carbocycles. The third kappa shape index (κ3) is 4.43. The molecule has 0 N–H and O–H groups in total. The number of allylic oxidation sites excluding steroid dienone is 3. The normalized spacial score (nSPS) is 10.8. The summed E-state index contributed by atoms with van der Waals surface area (Å²) in [6.07, 6.45) is 0. The molecule has 0 heterocycles. The van der Waals surface area contributed by atoms with Crippen LogP contribution in [0.15, 0.2) is 23.2 Å². The molecule has 0 aromatic heterocycles. The minimum Gasteiger partial charge on any atom is -0.105 e. The van der Waals surface area contributed by atoms with Gasteiger partial charge < -0.3 is 0 Å². The van der Waals surface area contributed by atoms with Crippen molar-refractivity contribution in [3.63, 3.8) is 0 Å². The van der Waals surface area contributed by atoms with E-state index in [4.69, 9.17) is 0 Å². The summed E-state index contributed by atoms with van der Waals surface area (Å²) in [4.78, 5) is 0. The van der Waals surface area contributed by atoms with Crippen LogP contribution in [0.2, 0.25) is 5.31 Å². The third-order valence-electron chi connectivity index (χ3n) is 1.84. The van der Waals surface area contributed by atoms with Gasteiger partial charge in [0.25, 0.3) is 0 Å². The molecule has 0 fully saturated rings. The van der Waals surface area contributed by atoms with Crippen molar-refractivity contribution in [1.82, 2.24) is 0 Å². The van der Waals surface area contributed by atoms with Gasteiger partial charge in [-0.2, -0.15) is 0 Å². The largest absolute Gasteiger partial charge is 0.157 e. The SMILES string of the molecule is C=C([B]C(C)(C)C)C(C)=C(C)C. The highest BCUT2D eigenvalue weighted by Crippen LogP contribution is 2.26.